The Balaban J connectivity index is 2.56. The van der Waals surface area contributed by atoms with Gasteiger partial charge in [-0.15, -0.1) is 0 Å². The second-order valence-corrected chi connectivity index (χ2v) is 4.04. The first-order valence-corrected chi connectivity index (χ1v) is 5.62. The molecule has 8 heteroatoms. The van der Waals surface area contributed by atoms with E-state index in [4.69, 9.17) is 5.11 Å². The molecule has 0 heterocycles. The number of nitro benzene ring substituents is 1. The van der Waals surface area contributed by atoms with Crippen molar-refractivity contribution in [3.8, 4) is 11.1 Å². The van der Waals surface area contributed by atoms with E-state index in [9.17, 15) is 23.7 Å². The van der Waals surface area contributed by atoms with Crippen LogP contribution in [0.3, 0.4) is 0 Å². The summed E-state index contributed by atoms with van der Waals surface area (Å²) in [6, 6.07) is 6.08. The summed E-state index contributed by atoms with van der Waals surface area (Å²) in [6.07, 6.45) is -1.47. The fraction of sp³-hybridized carbons (Fsp3) is 0. The number of nitrogens with zero attached hydrogens (tertiary/aromatic N) is 1. The van der Waals surface area contributed by atoms with E-state index in [1.807, 2.05) is 5.32 Å². The lowest BCUT2D eigenvalue weighted by molar-refractivity contribution is -0.383. The lowest BCUT2D eigenvalue weighted by Crippen LogP contribution is -2.09. The van der Waals surface area contributed by atoms with E-state index in [1.165, 1.54) is 6.07 Å². The predicted molar refractivity (Wildman–Crippen MR) is 70.1 cm³/mol. The number of anilines is 1. The van der Waals surface area contributed by atoms with Crippen LogP contribution in [0.1, 0.15) is 0 Å². The molecule has 2 N–H and O–H groups in total. The zero-order valence-corrected chi connectivity index (χ0v) is 10.3. The average Bonchev–Trinajstić information content (AvgIpc) is 2.41. The summed E-state index contributed by atoms with van der Waals surface area (Å²) in [6.45, 7) is 0. The Morgan fingerprint density at radius 2 is 1.90 bits per heavy atom. The highest BCUT2D eigenvalue weighted by atomic mass is 19.1. The van der Waals surface area contributed by atoms with Gasteiger partial charge in [-0.3, -0.25) is 15.4 Å². The van der Waals surface area contributed by atoms with E-state index in [1.54, 1.807) is 0 Å². The van der Waals surface area contributed by atoms with Gasteiger partial charge in [0.2, 0.25) is 0 Å². The number of benzene rings is 2. The van der Waals surface area contributed by atoms with Gasteiger partial charge >= 0.3 is 6.09 Å². The molecular formula is C13H8F2N2O4. The maximum atomic E-state index is 13.7. The first kappa shape index (κ1) is 14.4. The number of amides is 1. The third-order valence-corrected chi connectivity index (χ3v) is 2.68. The molecule has 21 heavy (non-hydrogen) atoms. The number of halogens is 2. The molecule has 0 bridgehead atoms. The zero-order valence-electron chi connectivity index (χ0n) is 10.3. The van der Waals surface area contributed by atoms with Gasteiger partial charge in [0.25, 0.3) is 5.69 Å². The molecule has 108 valence electrons. The van der Waals surface area contributed by atoms with Crippen LogP contribution in [0.25, 0.3) is 11.1 Å². The van der Waals surface area contributed by atoms with E-state index in [0.29, 0.717) is 0 Å². The number of hydrogen-bond donors (Lipinski definition) is 2. The van der Waals surface area contributed by atoms with Crippen LogP contribution in [0.2, 0.25) is 0 Å². The molecule has 0 aliphatic carbocycles. The van der Waals surface area contributed by atoms with Crippen molar-refractivity contribution in [1.82, 2.24) is 0 Å². The summed E-state index contributed by atoms with van der Waals surface area (Å²) in [5.41, 5.74) is -0.902. The Kier molecular flexibility index (Phi) is 3.79. The topological polar surface area (TPSA) is 92.5 Å². The molecule has 2 rings (SSSR count). The molecule has 0 unspecified atom stereocenters. The molecule has 0 saturated heterocycles. The minimum Gasteiger partial charge on any atom is -0.465 e. The number of carboxylic acid groups (broad SMARTS) is 1. The van der Waals surface area contributed by atoms with Crippen molar-refractivity contribution < 1.29 is 23.6 Å². The van der Waals surface area contributed by atoms with Crippen molar-refractivity contribution in [2.24, 2.45) is 0 Å². The van der Waals surface area contributed by atoms with E-state index < -0.39 is 28.3 Å². The number of rotatable bonds is 3. The second kappa shape index (κ2) is 5.53. The van der Waals surface area contributed by atoms with Gasteiger partial charge in [0.1, 0.15) is 17.3 Å². The molecule has 2 aromatic carbocycles. The first-order valence-electron chi connectivity index (χ1n) is 5.62. The van der Waals surface area contributed by atoms with Crippen LogP contribution in [0.4, 0.5) is 25.0 Å². The quantitative estimate of drug-likeness (QED) is 0.667. The monoisotopic (exact) mass is 294 g/mol. The average molecular weight is 294 g/mol. The van der Waals surface area contributed by atoms with Crippen LogP contribution in [-0.2, 0) is 0 Å². The van der Waals surface area contributed by atoms with E-state index in [-0.39, 0.29) is 16.8 Å². The SMILES string of the molecule is O=C(O)Nc1ccc(-c2cc(F)ccc2F)cc1[N+](=O)[O-]. The number of nitrogens with one attached hydrogen (secondary N) is 1. The molecule has 0 radical (unpaired) electrons. The highest BCUT2D eigenvalue weighted by Crippen LogP contribution is 2.32. The van der Waals surface area contributed by atoms with Gasteiger partial charge in [-0.05, 0) is 29.8 Å². The summed E-state index contributed by atoms with van der Waals surface area (Å²) in [5.74, 6) is -1.44. The van der Waals surface area contributed by atoms with Crippen molar-refractivity contribution in [2.45, 2.75) is 0 Å². The molecule has 0 spiro atoms. The van der Waals surface area contributed by atoms with Crippen molar-refractivity contribution in [3.63, 3.8) is 0 Å². The third-order valence-electron chi connectivity index (χ3n) is 2.68. The van der Waals surface area contributed by atoms with Crippen LogP contribution in [-0.4, -0.2) is 16.1 Å². The van der Waals surface area contributed by atoms with Gasteiger partial charge in [0, 0.05) is 11.6 Å². The van der Waals surface area contributed by atoms with Crippen LogP contribution >= 0.6 is 0 Å². The molecule has 6 nitrogen and oxygen atoms in total. The normalized spacial score (nSPS) is 10.2. The zero-order chi connectivity index (χ0) is 15.6. The van der Waals surface area contributed by atoms with Gasteiger partial charge in [-0.1, -0.05) is 6.07 Å². The Labute approximate surface area is 116 Å². The lowest BCUT2D eigenvalue weighted by Gasteiger charge is -2.07. The molecule has 2 aromatic rings. The van der Waals surface area contributed by atoms with Crippen molar-refractivity contribution in [3.05, 3.63) is 58.1 Å². The Hall–Kier alpha value is -3.03. The summed E-state index contributed by atoms with van der Waals surface area (Å²) in [4.78, 5) is 20.7. The van der Waals surface area contributed by atoms with Gasteiger partial charge in [-0.2, -0.15) is 0 Å². The highest BCUT2D eigenvalue weighted by molar-refractivity contribution is 5.87. The Bertz CT molecular complexity index is 734. The third kappa shape index (κ3) is 3.11. The summed E-state index contributed by atoms with van der Waals surface area (Å²) in [5, 5.41) is 21.4. The Morgan fingerprint density at radius 3 is 2.52 bits per heavy atom. The number of nitro groups is 1. The highest BCUT2D eigenvalue weighted by Gasteiger charge is 2.18. The number of carbonyl (C=O) groups is 1. The maximum Gasteiger partial charge on any atom is 0.409 e. The second-order valence-electron chi connectivity index (χ2n) is 4.04. The summed E-state index contributed by atoms with van der Waals surface area (Å²) in [7, 11) is 0. The van der Waals surface area contributed by atoms with Gasteiger partial charge < -0.3 is 5.11 Å². The molecule has 1 amide bonds. The molecule has 0 atom stereocenters. The van der Waals surface area contributed by atoms with Gasteiger partial charge in [0.15, 0.2) is 0 Å². The fourth-order valence-electron chi connectivity index (χ4n) is 1.79. The minimum atomic E-state index is -1.47. The number of hydrogen-bond acceptors (Lipinski definition) is 3. The molecule has 0 aromatic heterocycles. The van der Waals surface area contributed by atoms with E-state index in [0.717, 1.165) is 30.3 Å². The van der Waals surface area contributed by atoms with Crippen LogP contribution in [0, 0.1) is 21.7 Å². The van der Waals surface area contributed by atoms with Gasteiger partial charge in [0.05, 0.1) is 4.92 Å². The van der Waals surface area contributed by atoms with Crippen molar-refractivity contribution >= 4 is 17.5 Å². The Morgan fingerprint density at radius 1 is 1.19 bits per heavy atom. The van der Waals surface area contributed by atoms with Crippen molar-refractivity contribution in [1.29, 1.82) is 0 Å². The first-order chi connectivity index (χ1) is 9.88. The molecule has 0 aliphatic rings. The molecule has 0 fully saturated rings. The summed E-state index contributed by atoms with van der Waals surface area (Å²) < 4.78 is 26.8. The van der Waals surface area contributed by atoms with Crippen molar-refractivity contribution in [2.75, 3.05) is 5.32 Å². The van der Waals surface area contributed by atoms with Crippen LogP contribution in [0.5, 0.6) is 0 Å². The van der Waals surface area contributed by atoms with E-state index in [2.05, 4.69) is 0 Å². The molecule has 0 aliphatic heterocycles. The fourth-order valence-corrected chi connectivity index (χ4v) is 1.79. The maximum absolute atomic E-state index is 13.7. The largest absolute Gasteiger partial charge is 0.465 e. The minimum absolute atomic E-state index is 0.0645. The van der Waals surface area contributed by atoms with Crippen LogP contribution in [0.15, 0.2) is 36.4 Å². The molecule has 0 saturated carbocycles. The van der Waals surface area contributed by atoms with Gasteiger partial charge in [-0.25, -0.2) is 13.6 Å². The lowest BCUT2D eigenvalue weighted by atomic mass is 10.0. The molecular weight excluding hydrogens is 286 g/mol. The summed E-state index contributed by atoms with van der Waals surface area (Å²) >= 11 is 0. The standard InChI is InChI=1S/C13H8F2N2O4/c14-8-2-3-10(15)9(6-8)7-1-4-11(16-13(18)19)12(5-7)17(20)21/h1-6,16H,(H,18,19). The van der Waals surface area contributed by atoms with E-state index >= 15 is 0 Å². The smallest absolute Gasteiger partial charge is 0.409 e. The predicted octanol–water partition coefficient (Wildman–Crippen LogP) is 3.63. The van der Waals surface area contributed by atoms with Crippen LogP contribution < -0.4 is 5.32 Å².